The fraction of sp³-hybridized carbons (Fsp3) is 0.600. The number of ether oxygens (including phenoxy) is 1. The van der Waals surface area contributed by atoms with E-state index in [1.54, 1.807) is 0 Å². The lowest BCUT2D eigenvalue weighted by Crippen LogP contribution is -2.15. The highest BCUT2D eigenvalue weighted by atomic mass is 16.5. The SMILES string of the molecule is C=CCCCOCc1cc(C)c(CNC2CC2)o1. The molecule has 18 heavy (non-hydrogen) atoms. The fourth-order valence-corrected chi connectivity index (χ4v) is 1.86. The van der Waals surface area contributed by atoms with Gasteiger partial charge in [0.25, 0.3) is 0 Å². The average molecular weight is 249 g/mol. The van der Waals surface area contributed by atoms with E-state index in [4.69, 9.17) is 9.15 Å². The molecule has 0 saturated heterocycles. The van der Waals surface area contributed by atoms with Crippen molar-refractivity contribution in [3.8, 4) is 0 Å². The van der Waals surface area contributed by atoms with Crippen LogP contribution in [0.25, 0.3) is 0 Å². The summed E-state index contributed by atoms with van der Waals surface area (Å²) in [6.45, 7) is 7.96. The van der Waals surface area contributed by atoms with Crippen molar-refractivity contribution in [1.82, 2.24) is 5.32 Å². The van der Waals surface area contributed by atoms with Gasteiger partial charge >= 0.3 is 0 Å². The molecule has 1 saturated carbocycles. The van der Waals surface area contributed by atoms with E-state index in [1.807, 2.05) is 6.08 Å². The van der Waals surface area contributed by atoms with Gasteiger partial charge in [-0.15, -0.1) is 6.58 Å². The molecule has 2 rings (SSSR count). The van der Waals surface area contributed by atoms with Crippen molar-refractivity contribution in [1.29, 1.82) is 0 Å². The van der Waals surface area contributed by atoms with Crippen LogP contribution in [0.3, 0.4) is 0 Å². The lowest BCUT2D eigenvalue weighted by atomic mass is 10.2. The Morgan fingerprint density at radius 3 is 3.11 bits per heavy atom. The van der Waals surface area contributed by atoms with Crippen molar-refractivity contribution < 1.29 is 9.15 Å². The van der Waals surface area contributed by atoms with E-state index in [2.05, 4.69) is 24.9 Å². The molecule has 1 aliphatic carbocycles. The molecule has 1 fully saturated rings. The lowest BCUT2D eigenvalue weighted by Gasteiger charge is -2.01. The first-order valence-electron chi connectivity index (χ1n) is 6.80. The molecule has 1 aromatic rings. The van der Waals surface area contributed by atoms with Crippen molar-refractivity contribution in [3.05, 3.63) is 35.8 Å². The number of rotatable bonds is 9. The number of furan rings is 1. The molecule has 3 heteroatoms. The van der Waals surface area contributed by atoms with Crippen LogP contribution in [0.1, 0.15) is 42.8 Å². The van der Waals surface area contributed by atoms with Crippen LogP contribution >= 0.6 is 0 Å². The minimum atomic E-state index is 0.571. The molecule has 0 aromatic carbocycles. The summed E-state index contributed by atoms with van der Waals surface area (Å²) in [5, 5.41) is 3.47. The van der Waals surface area contributed by atoms with Crippen LogP contribution in [-0.2, 0) is 17.9 Å². The van der Waals surface area contributed by atoms with Crippen LogP contribution in [0.15, 0.2) is 23.1 Å². The monoisotopic (exact) mass is 249 g/mol. The summed E-state index contributed by atoms with van der Waals surface area (Å²) in [5.74, 6) is 1.98. The number of allylic oxidation sites excluding steroid dienone is 1. The van der Waals surface area contributed by atoms with Crippen LogP contribution in [-0.4, -0.2) is 12.6 Å². The average Bonchev–Trinajstić information content (AvgIpc) is 3.11. The summed E-state index contributed by atoms with van der Waals surface area (Å²) in [4.78, 5) is 0. The second-order valence-electron chi connectivity index (χ2n) is 4.96. The molecule has 1 heterocycles. The highest BCUT2D eigenvalue weighted by Crippen LogP contribution is 2.21. The molecule has 1 aliphatic rings. The first-order chi connectivity index (χ1) is 8.79. The van der Waals surface area contributed by atoms with Crippen LogP contribution in [0.5, 0.6) is 0 Å². The van der Waals surface area contributed by atoms with Gasteiger partial charge in [0.15, 0.2) is 0 Å². The van der Waals surface area contributed by atoms with Gasteiger partial charge in [-0.25, -0.2) is 0 Å². The summed E-state index contributed by atoms with van der Waals surface area (Å²) >= 11 is 0. The molecule has 1 aromatic heterocycles. The Hall–Kier alpha value is -1.06. The van der Waals surface area contributed by atoms with Gasteiger partial charge in [0.1, 0.15) is 18.1 Å². The highest BCUT2D eigenvalue weighted by Gasteiger charge is 2.21. The zero-order valence-electron chi connectivity index (χ0n) is 11.2. The number of hydrogen-bond acceptors (Lipinski definition) is 3. The molecule has 100 valence electrons. The van der Waals surface area contributed by atoms with Gasteiger partial charge in [-0.2, -0.15) is 0 Å². The zero-order valence-corrected chi connectivity index (χ0v) is 11.2. The molecule has 0 unspecified atom stereocenters. The van der Waals surface area contributed by atoms with E-state index in [1.165, 1.54) is 18.4 Å². The largest absolute Gasteiger partial charge is 0.462 e. The summed E-state index contributed by atoms with van der Waals surface area (Å²) in [5.41, 5.74) is 1.22. The number of unbranched alkanes of at least 4 members (excludes halogenated alkanes) is 1. The standard InChI is InChI=1S/C15H23NO2/c1-3-4-5-8-17-11-14-9-12(2)15(18-14)10-16-13-6-7-13/h3,9,13,16H,1,4-8,10-11H2,2H3. The van der Waals surface area contributed by atoms with Crippen LogP contribution in [0.4, 0.5) is 0 Å². The molecule has 0 radical (unpaired) electrons. The second kappa shape index (κ2) is 6.76. The Morgan fingerprint density at radius 2 is 2.39 bits per heavy atom. The lowest BCUT2D eigenvalue weighted by molar-refractivity contribution is 0.103. The molecule has 3 nitrogen and oxygen atoms in total. The molecule has 0 aliphatic heterocycles. The number of nitrogens with one attached hydrogen (secondary N) is 1. The van der Waals surface area contributed by atoms with Crippen molar-refractivity contribution in [2.24, 2.45) is 0 Å². The molecule has 1 N–H and O–H groups in total. The minimum Gasteiger partial charge on any atom is -0.462 e. The summed E-state index contributed by atoms with van der Waals surface area (Å²) < 4.78 is 11.4. The first-order valence-corrected chi connectivity index (χ1v) is 6.80. The van der Waals surface area contributed by atoms with Gasteiger partial charge in [0, 0.05) is 12.6 Å². The van der Waals surface area contributed by atoms with E-state index in [0.717, 1.165) is 37.5 Å². The summed E-state index contributed by atoms with van der Waals surface area (Å²) in [7, 11) is 0. The Morgan fingerprint density at radius 1 is 1.56 bits per heavy atom. The van der Waals surface area contributed by atoms with Crippen LogP contribution in [0, 0.1) is 6.92 Å². The maximum absolute atomic E-state index is 5.79. The normalized spacial score (nSPS) is 14.9. The summed E-state index contributed by atoms with van der Waals surface area (Å²) in [6.07, 6.45) is 6.56. The predicted octanol–water partition coefficient (Wildman–Crippen LogP) is 3.32. The van der Waals surface area contributed by atoms with Gasteiger partial charge in [-0.3, -0.25) is 0 Å². The van der Waals surface area contributed by atoms with Gasteiger partial charge in [0.2, 0.25) is 0 Å². The van der Waals surface area contributed by atoms with Crippen LogP contribution in [0.2, 0.25) is 0 Å². The maximum atomic E-state index is 5.79. The Bertz CT molecular complexity index is 380. The van der Waals surface area contributed by atoms with Crippen molar-refractivity contribution in [3.63, 3.8) is 0 Å². The molecule has 0 amide bonds. The van der Waals surface area contributed by atoms with Crippen LogP contribution < -0.4 is 5.32 Å². The van der Waals surface area contributed by atoms with E-state index in [-0.39, 0.29) is 0 Å². The predicted molar refractivity (Wildman–Crippen MR) is 72.4 cm³/mol. The van der Waals surface area contributed by atoms with Gasteiger partial charge in [-0.1, -0.05) is 6.08 Å². The van der Waals surface area contributed by atoms with Gasteiger partial charge in [0.05, 0.1) is 6.54 Å². The van der Waals surface area contributed by atoms with E-state index in [9.17, 15) is 0 Å². The molecular weight excluding hydrogens is 226 g/mol. The van der Waals surface area contributed by atoms with Crippen molar-refractivity contribution in [2.75, 3.05) is 6.61 Å². The van der Waals surface area contributed by atoms with E-state index in [0.29, 0.717) is 12.6 Å². The Balaban J connectivity index is 1.71. The number of aryl methyl sites for hydroxylation is 1. The first kappa shape index (κ1) is 13.4. The minimum absolute atomic E-state index is 0.571. The highest BCUT2D eigenvalue weighted by molar-refractivity contribution is 5.19. The number of hydrogen-bond donors (Lipinski definition) is 1. The third-order valence-corrected chi connectivity index (χ3v) is 3.14. The van der Waals surface area contributed by atoms with Crippen molar-refractivity contribution >= 4 is 0 Å². The third-order valence-electron chi connectivity index (χ3n) is 3.14. The Kier molecular flexibility index (Phi) is 5.02. The quantitative estimate of drug-likeness (QED) is 0.538. The summed E-state index contributed by atoms with van der Waals surface area (Å²) in [6, 6.07) is 2.80. The smallest absolute Gasteiger partial charge is 0.130 e. The topological polar surface area (TPSA) is 34.4 Å². The molecule has 0 atom stereocenters. The van der Waals surface area contributed by atoms with Gasteiger partial charge < -0.3 is 14.5 Å². The van der Waals surface area contributed by atoms with Gasteiger partial charge in [-0.05, 0) is 44.2 Å². The van der Waals surface area contributed by atoms with Crippen molar-refractivity contribution in [2.45, 2.75) is 51.8 Å². The van der Waals surface area contributed by atoms with E-state index >= 15 is 0 Å². The van der Waals surface area contributed by atoms with E-state index < -0.39 is 0 Å². The molecule has 0 bridgehead atoms. The molecular formula is C15H23NO2. The molecule has 0 spiro atoms. The third kappa shape index (κ3) is 4.31. The maximum Gasteiger partial charge on any atom is 0.130 e. The zero-order chi connectivity index (χ0) is 12.8. The second-order valence-corrected chi connectivity index (χ2v) is 4.96. The Labute approximate surface area is 109 Å². The fourth-order valence-electron chi connectivity index (χ4n) is 1.86.